The minimum Gasteiger partial charge on any atom is -0.493 e. The highest BCUT2D eigenvalue weighted by Crippen LogP contribution is 2.39. The minimum atomic E-state index is -0.347. The topological polar surface area (TPSA) is 77.1 Å². The quantitative estimate of drug-likeness (QED) is 0.545. The second kappa shape index (κ2) is 10.1. The predicted molar refractivity (Wildman–Crippen MR) is 126 cm³/mol. The van der Waals surface area contributed by atoms with Crippen molar-refractivity contribution in [1.29, 1.82) is 0 Å². The number of benzene rings is 3. The number of carbonyl (C=O) groups is 2. The Morgan fingerprint density at radius 1 is 0.970 bits per heavy atom. The molecular formula is C26H26N2O5. The van der Waals surface area contributed by atoms with Crippen molar-refractivity contribution in [2.75, 3.05) is 31.0 Å². The number of nitrogens with one attached hydrogen (secondary N) is 1. The number of methoxy groups -OCH3 is 2. The summed E-state index contributed by atoms with van der Waals surface area (Å²) in [7, 11) is 3.03. The van der Waals surface area contributed by atoms with Crippen molar-refractivity contribution in [3.05, 3.63) is 77.9 Å². The van der Waals surface area contributed by atoms with Gasteiger partial charge < -0.3 is 24.4 Å². The van der Waals surface area contributed by atoms with Gasteiger partial charge in [0.1, 0.15) is 6.61 Å². The van der Waals surface area contributed by atoms with Gasteiger partial charge in [-0.15, -0.1) is 0 Å². The first kappa shape index (κ1) is 22.2. The first-order chi connectivity index (χ1) is 16.1. The predicted octanol–water partition coefficient (Wildman–Crippen LogP) is 4.66. The number of amides is 2. The molecule has 7 heteroatoms. The number of carbonyl (C=O) groups excluding carboxylic acids is 2. The molecule has 4 rings (SSSR count). The molecule has 0 radical (unpaired) electrons. The molecule has 1 saturated heterocycles. The number of nitrogens with zero attached hydrogens (tertiary/aromatic N) is 1. The summed E-state index contributed by atoms with van der Waals surface area (Å²) in [5.74, 6) is 0.903. The van der Waals surface area contributed by atoms with Crippen molar-refractivity contribution >= 4 is 23.2 Å². The van der Waals surface area contributed by atoms with E-state index >= 15 is 0 Å². The average molecular weight is 447 g/mol. The molecule has 1 aliphatic heterocycles. The van der Waals surface area contributed by atoms with Crippen LogP contribution in [0.25, 0.3) is 0 Å². The molecule has 0 atom stereocenters. The zero-order chi connectivity index (χ0) is 23.2. The van der Waals surface area contributed by atoms with Gasteiger partial charge in [-0.2, -0.15) is 0 Å². The van der Waals surface area contributed by atoms with Crippen LogP contribution < -0.4 is 24.4 Å². The molecule has 7 nitrogen and oxygen atoms in total. The zero-order valence-corrected chi connectivity index (χ0v) is 18.7. The third-order valence-electron chi connectivity index (χ3n) is 5.47. The van der Waals surface area contributed by atoms with Crippen LogP contribution in [-0.2, 0) is 11.4 Å². The Kier molecular flexibility index (Phi) is 6.78. The summed E-state index contributed by atoms with van der Waals surface area (Å²) in [5.41, 5.74) is 2.60. The lowest BCUT2D eigenvalue weighted by Gasteiger charge is -2.20. The molecule has 0 aromatic heterocycles. The Morgan fingerprint density at radius 3 is 2.27 bits per heavy atom. The van der Waals surface area contributed by atoms with Gasteiger partial charge in [-0.05, 0) is 36.2 Å². The van der Waals surface area contributed by atoms with Gasteiger partial charge in [0.15, 0.2) is 11.5 Å². The molecule has 3 aromatic rings. The van der Waals surface area contributed by atoms with Crippen molar-refractivity contribution in [3.8, 4) is 17.2 Å². The van der Waals surface area contributed by atoms with Gasteiger partial charge >= 0.3 is 0 Å². The molecule has 1 aliphatic rings. The Balaban J connectivity index is 1.58. The SMILES string of the molecule is COc1cc(C(=O)Nc2ccccc2N2CCCC2=O)cc(OC)c1OCc1ccccc1. The lowest BCUT2D eigenvalue weighted by molar-refractivity contribution is -0.117. The number of ether oxygens (including phenoxy) is 3. The van der Waals surface area contributed by atoms with Crippen LogP contribution in [0.2, 0.25) is 0 Å². The van der Waals surface area contributed by atoms with E-state index in [0.29, 0.717) is 53.8 Å². The molecule has 0 saturated carbocycles. The van der Waals surface area contributed by atoms with Crippen molar-refractivity contribution in [3.63, 3.8) is 0 Å². The lowest BCUT2D eigenvalue weighted by atomic mass is 10.1. The first-order valence-electron chi connectivity index (χ1n) is 10.7. The standard InChI is InChI=1S/C26H26N2O5/c1-31-22-15-19(16-23(32-2)25(22)33-17-18-9-4-3-5-10-18)26(30)27-20-11-6-7-12-21(20)28-14-8-13-24(28)29/h3-7,9-12,15-16H,8,13-14,17H2,1-2H3,(H,27,30). The molecule has 33 heavy (non-hydrogen) atoms. The van der Waals surface area contributed by atoms with Crippen LogP contribution in [0.5, 0.6) is 17.2 Å². The molecule has 3 aromatic carbocycles. The molecule has 1 fully saturated rings. The van der Waals surface area contributed by atoms with E-state index in [1.54, 1.807) is 23.1 Å². The zero-order valence-electron chi connectivity index (χ0n) is 18.7. The molecule has 0 spiro atoms. The van der Waals surface area contributed by atoms with Gasteiger partial charge in [0.25, 0.3) is 5.91 Å². The molecule has 0 aliphatic carbocycles. The number of hydrogen-bond acceptors (Lipinski definition) is 5. The maximum absolute atomic E-state index is 13.1. The van der Waals surface area contributed by atoms with Crippen molar-refractivity contribution in [2.24, 2.45) is 0 Å². The van der Waals surface area contributed by atoms with Gasteiger partial charge in [0, 0.05) is 18.5 Å². The van der Waals surface area contributed by atoms with E-state index in [-0.39, 0.29) is 11.8 Å². The van der Waals surface area contributed by atoms with Crippen LogP contribution in [0.4, 0.5) is 11.4 Å². The van der Waals surface area contributed by atoms with Crippen LogP contribution in [0.3, 0.4) is 0 Å². The Hall–Kier alpha value is -4.00. The summed E-state index contributed by atoms with van der Waals surface area (Å²) in [6, 6.07) is 20.3. The number of anilines is 2. The fourth-order valence-electron chi connectivity index (χ4n) is 3.80. The summed E-state index contributed by atoms with van der Waals surface area (Å²) in [4.78, 5) is 27.0. The summed E-state index contributed by atoms with van der Waals surface area (Å²) < 4.78 is 17.0. The smallest absolute Gasteiger partial charge is 0.255 e. The summed E-state index contributed by atoms with van der Waals surface area (Å²) in [6.45, 7) is 0.969. The van der Waals surface area contributed by atoms with E-state index in [2.05, 4.69) is 5.32 Å². The average Bonchev–Trinajstić information content (AvgIpc) is 3.28. The second-order valence-electron chi connectivity index (χ2n) is 7.60. The normalized spacial score (nSPS) is 13.0. The Bertz CT molecular complexity index is 1120. The Labute approximate surface area is 192 Å². The third-order valence-corrected chi connectivity index (χ3v) is 5.47. The fourth-order valence-corrected chi connectivity index (χ4v) is 3.80. The van der Waals surface area contributed by atoms with E-state index in [9.17, 15) is 9.59 Å². The fraction of sp³-hybridized carbons (Fsp3) is 0.231. The van der Waals surface area contributed by atoms with Crippen LogP contribution in [-0.4, -0.2) is 32.6 Å². The highest BCUT2D eigenvalue weighted by atomic mass is 16.5. The number of para-hydroxylation sites is 2. The second-order valence-corrected chi connectivity index (χ2v) is 7.60. The van der Waals surface area contributed by atoms with Crippen LogP contribution in [0.15, 0.2) is 66.7 Å². The third kappa shape index (κ3) is 4.92. The van der Waals surface area contributed by atoms with E-state index in [1.807, 2.05) is 48.5 Å². The largest absolute Gasteiger partial charge is 0.493 e. The molecule has 1 heterocycles. The monoisotopic (exact) mass is 446 g/mol. The van der Waals surface area contributed by atoms with Gasteiger partial charge in [-0.3, -0.25) is 9.59 Å². The van der Waals surface area contributed by atoms with Crippen LogP contribution in [0.1, 0.15) is 28.8 Å². The first-order valence-corrected chi connectivity index (χ1v) is 10.7. The van der Waals surface area contributed by atoms with E-state index < -0.39 is 0 Å². The molecule has 170 valence electrons. The van der Waals surface area contributed by atoms with Crippen molar-refractivity contribution in [1.82, 2.24) is 0 Å². The van der Waals surface area contributed by atoms with Crippen LogP contribution >= 0.6 is 0 Å². The van der Waals surface area contributed by atoms with Crippen molar-refractivity contribution in [2.45, 2.75) is 19.4 Å². The maximum Gasteiger partial charge on any atom is 0.255 e. The molecule has 1 N–H and O–H groups in total. The highest BCUT2D eigenvalue weighted by molar-refractivity contribution is 6.08. The molecule has 0 unspecified atom stereocenters. The number of rotatable bonds is 8. The lowest BCUT2D eigenvalue weighted by Crippen LogP contribution is -2.25. The van der Waals surface area contributed by atoms with Gasteiger partial charge in [-0.25, -0.2) is 0 Å². The maximum atomic E-state index is 13.1. The Morgan fingerprint density at radius 2 is 1.64 bits per heavy atom. The molecule has 0 bridgehead atoms. The molecule has 2 amide bonds. The van der Waals surface area contributed by atoms with Crippen LogP contribution in [0, 0.1) is 0 Å². The summed E-state index contributed by atoms with van der Waals surface area (Å²) in [5, 5.41) is 2.92. The summed E-state index contributed by atoms with van der Waals surface area (Å²) >= 11 is 0. The van der Waals surface area contributed by atoms with Gasteiger partial charge in [-0.1, -0.05) is 42.5 Å². The minimum absolute atomic E-state index is 0.0555. The van der Waals surface area contributed by atoms with Crippen molar-refractivity contribution < 1.29 is 23.8 Å². The van der Waals surface area contributed by atoms with E-state index in [1.165, 1.54) is 14.2 Å². The van der Waals surface area contributed by atoms with Gasteiger partial charge in [0.2, 0.25) is 11.7 Å². The molecular weight excluding hydrogens is 420 g/mol. The van der Waals surface area contributed by atoms with E-state index in [4.69, 9.17) is 14.2 Å². The van der Waals surface area contributed by atoms with Gasteiger partial charge in [0.05, 0.1) is 25.6 Å². The highest BCUT2D eigenvalue weighted by Gasteiger charge is 2.25. The summed E-state index contributed by atoms with van der Waals surface area (Å²) in [6.07, 6.45) is 1.32. The van der Waals surface area contributed by atoms with E-state index in [0.717, 1.165) is 12.0 Å². The number of hydrogen-bond donors (Lipinski definition) is 1.